The lowest BCUT2D eigenvalue weighted by molar-refractivity contribution is 0.0231. The van der Waals surface area contributed by atoms with E-state index in [1.54, 1.807) is 0 Å². The van der Waals surface area contributed by atoms with Gasteiger partial charge in [-0.3, -0.25) is 4.79 Å². The number of aromatic nitrogens is 2. The van der Waals surface area contributed by atoms with Gasteiger partial charge in [-0.2, -0.15) is 0 Å². The minimum absolute atomic E-state index is 0.195. The summed E-state index contributed by atoms with van der Waals surface area (Å²) in [5.74, 6) is 3.73. The van der Waals surface area contributed by atoms with E-state index in [1.165, 1.54) is 0 Å². The second kappa shape index (κ2) is 7.54. The van der Waals surface area contributed by atoms with Gasteiger partial charge in [0.1, 0.15) is 28.8 Å². The van der Waals surface area contributed by atoms with Gasteiger partial charge in [0, 0.05) is 58.2 Å². The standard InChI is InChI=1S/C23H29N5O2/c1-17-24-21(15-22(25-17)28-13-11-26(2)12-14-28)27-9-7-23(8-10-27)16-19(29)18-5-3-4-6-20(18)30-23/h3-6,15H,7-14,16H2,1-2H3. The van der Waals surface area contributed by atoms with E-state index >= 15 is 0 Å². The molecule has 0 N–H and O–H groups in total. The van der Waals surface area contributed by atoms with Crippen molar-refractivity contribution in [3.05, 3.63) is 41.7 Å². The third-order valence-electron chi connectivity index (χ3n) is 6.63. The van der Waals surface area contributed by atoms with Gasteiger partial charge >= 0.3 is 0 Å². The smallest absolute Gasteiger partial charge is 0.170 e. The van der Waals surface area contributed by atoms with Gasteiger partial charge in [-0.1, -0.05) is 12.1 Å². The molecular weight excluding hydrogens is 378 g/mol. The molecule has 0 radical (unpaired) electrons. The fourth-order valence-corrected chi connectivity index (χ4v) is 4.76. The molecule has 0 unspecified atom stereocenters. The number of aryl methyl sites for hydroxylation is 1. The molecule has 0 saturated carbocycles. The average molecular weight is 408 g/mol. The Bertz CT molecular complexity index is 946. The Morgan fingerprint density at radius 2 is 1.57 bits per heavy atom. The molecule has 0 amide bonds. The summed E-state index contributed by atoms with van der Waals surface area (Å²) in [4.78, 5) is 29.1. The molecule has 0 aliphatic carbocycles. The number of ketones is 1. The number of piperazine rings is 1. The van der Waals surface area contributed by atoms with Gasteiger partial charge in [0.25, 0.3) is 0 Å². The van der Waals surface area contributed by atoms with Crippen molar-refractivity contribution in [3.63, 3.8) is 0 Å². The van der Waals surface area contributed by atoms with Crippen LogP contribution in [0.3, 0.4) is 0 Å². The third kappa shape index (κ3) is 3.62. The fourth-order valence-electron chi connectivity index (χ4n) is 4.76. The summed E-state index contributed by atoms with van der Waals surface area (Å²) in [7, 11) is 2.16. The molecule has 3 aliphatic heterocycles. The Morgan fingerprint density at radius 1 is 0.933 bits per heavy atom. The van der Waals surface area contributed by atoms with Crippen molar-refractivity contribution in [2.75, 3.05) is 56.1 Å². The second-order valence-electron chi connectivity index (χ2n) is 8.79. The van der Waals surface area contributed by atoms with E-state index in [0.717, 1.165) is 75.3 Å². The van der Waals surface area contributed by atoms with Gasteiger partial charge in [-0.05, 0) is 26.1 Å². The summed E-state index contributed by atoms with van der Waals surface area (Å²) in [6, 6.07) is 9.73. The van der Waals surface area contributed by atoms with E-state index in [1.807, 2.05) is 31.2 Å². The molecule has 0 atom stereocenters. The number of para-hydroxylation sites is 1. The number of benzene rings is 1. The van der Waals surface area contributed by atoms with Crippen molar-refractivity contribution in [1.82, 2.24) is 14.9 Å². The maximum absolute atomic E-state index is 12.7. The van der Waals surface area contributed by atoms with E-state index in [4.69, 9.17) is 14.7 Å². The van der Waals surface area contributed by atoms with Crippen LogP contribution in [0.5, 0.6) is 5.75 Å². The molecule has 4 heterocycles. The van der Waals surface area contributed by atoms with Gasteiger partial charge in [-0.25, -0.2) is 9.97 Å². The molecule has 30 heavy (non-hydrogen) atoms. The minimum atomic E-state index is -0.385. The quantitative estimate of drug-likeness (QED) is 0.758. The Morgan fingerprint density at radius 3 is 2.27 bits per heavy atom. The first kappa shape index (κ1) is 19.3. The third-order valence-corrected chi connectivity index (χ3v) is 6.63. The molecule has 158 valence electrons. The number of fused-ring (bicyclic) bond motifs is 1. The first-order valence-corrected chi connectivity index (χ1v) is 10.9. The predicted octanol–water partition coefficient (Wildman–Crippen LogP) is 2.54. The number of carbonyl (C=O) groups excluding carboxylic acids is 1. The zero-order valence-electron chi connectivity index (χ0n) is 17.8. The van der Waals surface area contributed by atoms with E-state index < -0.39 is 0 Å². The molecule has 5 rings (SSSR count). The molecular formula is C23H29N5O2. The minimum Gasteiger partial charge on any atom is -0.486 e. The van der Waals surface area contributed by atoms with Crippen molar-refractivity contribution < 1.29 is 9.53 Å². The summed E-state index contributed by atoms with van der Waals surface area (Å²) in [5, 5.41) is 0. The molecule has 7 nitrogen and oxygen atoms in total. The van der Waals surface area contributed by atoms with Crippen LogP contribution < -0.4 is 14.5 Å². The summed E-state index contributed by atoms with van der Waals surface area (Å²) in [6.45, 7) is 7.71. The number of carbonyl (C=O) groups is 1. The number of ether oxygens (including phenoxy) is 1. The zero-order chi connectivity index (χ0) is 20.7. The zero-order valence-corrected chi connectivity index (χ0v) is 17.8. The summed E-state index contributed by atoms with van der Waals surface area (Å²) < 4.78 is 6.37. The van der Waals surface area contributed by atoms with Crippen LogP contribution >= 0.6 is 0 Å². The summed E-state index contributed by atoms with van der Waals surface area (Å²) >= 11 is 0. The van der Waals surface area contributed by atoms with Gasteiger partial charge in [0.15, 0.2) is 5.78 Å². The molecule has 2 saturated heterocycles. The van der Waals surface area contributed by atoms with Crippen LogP contribution in [0, 0.1) is 6.92 Å². The molecule has 0 bridgehead atoms. The van der Waals surface area contributed by atoms with Gasteiger partial charge in [-0.15, -0.1) is 0 Å². The number of piperidine rings is 1. The number of rotatable bonds is 2. The molecule has 7 heteroatoms. The summed E-state index contributed by atoms with van der Waals surface area (Å²) in [6.07, 6.45) is 2.10. The fraction of sp³-hybridized carbons (Fsp3) is 0.522. The molecule has 1 spiro atoms. The Hall–Kier alpha value is -2.67. The van der Waals surface area contributed by atoms with Crippen LogP contribution in [0.25, 0.3) is 0 Å². The summed E-state index contributed by atoms with van der Waals surface area (Å²) in [5.41, 5.74) is 0.332. The van der Waals surface area contributed by atoms with Gasteiger partial charge < -0.3 is 19.4 Å². The number of nitrogens with zero attached hydrogens (tertiary/aromatic N) is 5. The van der Waals surface area contributed by atoms with Crippen LogP contribution in [-0.2, 0) is 0 Å². The van der Waals surface area contributed by atoms with Crippen molar-refractivity contribution in [3.8, 4) is 5.75 Å². The highest BCUT2D eigenvalue weighted by Gasteiger charge is 2.43. The Kier molecular flexibility index (Phi) is 4.85. The van der Waals surface area contributed by atoms with Crippen molar-refractivity contribution in [2.24, 2.45) is 0 Å². The normalized spacial score (nSPS) is 21.5. The van der Waals surface area contributed by atoms with Crippen molar-refractivity contribution in [2.45, 2.75) is 31.8 Å². The highest BCUT2D eigenvalue weighted by atomic mass is 16.5. The van der Waals surface area contributed by atoms with Crippen LogP contribution in [0.1, 0.15) is 35.4 Å². The van der Waals surface area contributed by atoms with E-state index in [2.05, 4.69) is 27.8 Å². The van der Waals surface area contributed by atoms with Gasteiger partial charge in [0.2, 0.25) is 0 Å². The number of Topliss-reactive ketones (excluding diaryl/α,β-unsaturated/α-hetero) is 1. The Labute approximate surface area is 177 Å². The van der Waals surface area contributed by atoms with E-state index in [9.17, 15) is 4.79 Å². The van der Waals surface area contributed by atoms with Crippen LogP contribution in [0.4, 0.5) is 11.6 Å². The Balaban J connectivity index is 1.31. The SMILES string of the molecule is Cc1nc(N2CCN(C)CC2)cc(N2CCC3(CC2)CC(=O)c2ccccc2O3)n1. The number of hydrogen-bond acceptors (Lipinski definition) is 7. The van der Waals surface area contributed by atoms with Crippen molar-refractivity contribution >= 4 is 17.4 Å². The van der Waals surface area contributed by atoms with Crippen LogP contribution in [-0.4, -0.2) is 72.6 Å². The maximum atomic E-state index is 12.7. The highest BCUT2D eigenvalue weighted by molar-refractivity contribution is 6.00. The van der Waals surface area contributed by atoms with E-state index in [-0.39, 0.29) is 11.4 Å². The van der Waals surface area contributed by atoms with Crippen molar-refractivity contribution in [1.29, 1.82) is 0 Å². The highest BCUT2D eigenvalue weighted by Crippen LogP contribution is 2.40. The molecule has 3 aliphatic rings. The first-order chi connectivity index (χ1) is 14.5. The van der Waals surface area contributed by atoms with Crippen LogP contribution in [0.2, 0.25) is 0 Å². The molecule has 2 aromatic rings. The predicted molar refractivity (Wildman–Crippen MR) is 117 cm³/mol. The lowest BCUT2D eigenvalue weighted by Gasteiger charge is -2.44. The molecule has 1 aromatic heterocycles. The largest absolute Gasteiger partial charge is 0.486 e. The molecule has 1 aromatic carbocycles. The number of anilines is 2. The average Bonchev–Trinajstić information content (AvgIpc) is 2.74. The van der Waals surface area contributed by atoms with Crippen LogP contribution in [0.15, 0.2) is 30.3 Å². The topological polar surface area (TPSA) is 61.8 Å². The molecule has 2 fully saturated rings. The lowest BCUT2D eigenvalue weighted by Crippen LogP contribution is -2.51. The first-order valence-electron chi connectivity index (χ1n) is 10.9. The van der Waals surface area contributed by atoms with Gasteiger partial charge in [0.05, 0.1) is 12.0 Å². The number of likely N-dealkylation sites (N-methyl/N-ethyl adjacent to an activating group) is 1. The monoisotopic (exact) mass is 407 g/mol. The second-order valence-corrected chi connectivity index (χ2v) is 8.79. The number of hydrogen-bond donors (Lipinski definition) is 0. The maximum Gasteiger partial charge on any atom is 0.170 e. The lowest BCUT2D eigenvalue weighted by atomic mass is 9.82. The van der Waals surface area contributed by atoms with E-state index in [0.29, 0.717) is 12.0 Å².